The molecule has 35 heavy (non-hydrogen) atoms. The van der Waals surface area contributed by atoms with Gasteiger partial charge in [-0.3, -0.25) is 4.79 Å². The lowest BCUT2D eigenvalue weighted by atomic mass is 10.1. The minimum absolute atomic E-state index is 0.102. The zero-order chi connectivity index (χ0) is 25.0. The number of aromatic nitrogens is 2. The van der Waals surface area contributed by atoms with E-state index < -0.39 is 10.0 Å². The molecule has 1 amide bonds. The van der Waals surface area contributed by atoms with Crippen LogP contribution in [0.1, 0.15) is 13.8 Å². The first-order valence-electron chi connectivity index (χ1n) is 10.8. The van der Waals surface area contributed by atoms with Gasteiger partial charge >= 0.3 is 0 Å². The molecule has 2 aromatic carbocycles. The third kappa shape index (κ3) is 5.53. The molecule has 0 aliphatic rings. The zero-order valence-electron chi connectivity index (χ0n) is 19.1. The minimum Gasteiger partial charge on any atom is -0.325 e. The number of carbonyl (C=O) groups excluding carboxylic acids is 1. The van der Waals surface area contributed by atoms with E-state index in [2.05, 4.69) is 15.3 Å². The summed E-state index contributed by atoms with van der Waals surface area (Å²) >= 11 is 2.74. The minimum atomic E-state index is -3.55. The Labute approximate surface area is 211 Å². The number of amides is 1. The quantitative estimate of drug-likeness (QED) is 0.234. The molecule has 0 saturated heterocycles. The number of thioether (sulfide) groups is 1. The molecule has 4 rings (SSSR count). The van der Waals surface area contributed by atoms with Gasteiger partial charge in [-0.2, -0.15) is 4.31 Å². The first kappa shape index (κ1) is 25.2. The fraction of sp³-hybridized carbons (Fsp3) is 0.208. The first-order valence-corrected chi connectivity index (χ1v) is 14.1. The molecule has 0 atom stereocenters. The molecule has 0 saturated carbocycles. The number of hydrogen-bond acceptors (Lipinski definition) is 7. The Morgan fingerprint density at radius 2 is 1.74 bits per heavy atom. The van der Waals surface area contributed by atoms with Gasteiger partial charge in [-0.15, -0.1) is 11.3 Å². The number of sulfonamides is 1. The maximum absolute atomic E-state index is 13.4. The van der Waals surface area contributed by atoms with Crippen molar-refractivity contribution in [1.82, 2.24) is 14.3 Å². The van der Waals surface area contributed by atoms with Crippen molar-refractivity contribution in [2.45, 2.75) is 23.8 Å². The van der Waals surface area contributed by atoms with Crippen LogP contribution in [0, 0.1) is 5.82 Å². The number of nitrogens with one attached hydrogen (secondary N) is 1. The summed E-state index contributed by atoms with van der Waals surface area (Å²) in [6.45, 7) is 4.35. The molecule has 0 unspecified atom stereocenters. The van der Waals surface area contributed by atoms with E-state index >= 15 is 0 Å². The summed E-state index contributed by atoms with van der Waals surface area (Å²) in [7, 11) is -3.55. The molecule has 182 valence electrons. The van der Waals surface area contributed by atoms with Gasteiger partial charge in [0, 0.05) is 29.7 Å². The van der Waals surface area contributed by atoms with Gasteiger partial charge in [-0.05, 0) is 42.0 Å². The fourth-order valence-corrected chi connectivity index (χ4v) is 6.80. The number of benzene rings is 2. The molecular formula is C24H23FN4O3S3. The maximum Gasteiger partial charge on any atom is 0.243 e. The third-order valence-electron chi connectivity index (χ3n) is 5.31. The molecule has 2 heterocycles. The Hall–Kier alpha value is -2.86. The van der Waals surface area contributed by atoms with E-state index in [1.807, 2.05) is 5.38 Å². The number of halogens is 1. The molecule has 0 aliphatic heterocycles. The van der Waals surface area contributed by atoms with Crippen LogP contribution < -0.4 is 5.32 Å². The number of fused-ring (bicyclic) bond motifs is 1. The summed E-state index contributed by atoms with van der Waals surface area (Å²) in [5.74, 6) is -0.459. The van der Waals surface area contributed by atoms with Crippen molar-refractivity contribution >= 4 is 54.9 Å². The lowest BCUT2D eigenvalue weighted by Gasteiger charge is -2.18. The second-order valence-corrected chi connectivity index (χ2v) is 11.2. The van der Waals surface area contributed by atoms with Crippen LogP contribution in [0.5, 0.6) is 0 Å². The van der Waals surface area contributed by atoms with Crippen LogP contribution in [-0.4, -0.2) is 47.4 Å². The van der Waals surface area contributed by atoms with E-state index in [0.29, 0.717) is 23.8 Å². The molecule has 0 radical (unpaired) electrons. The van der Waals surface area contributed by atoms with Gasteiger partial charge in [-0.25, -0.2) is 22.8 Å². The van der Waals surface area contributed by atoms with Crippen LogP contribution in [0.2, 0.25) is 0 Å². The largest absolute Gasteiger partial charge is 0.325 e. The summed E-state index contributed by atoms with van der Waals surface area (Å²) in [5.41, 5.74) is 2.24. The number of rotatable bonds is 9. The number of hydrogen-bond donors (Lipinski definition) is 1. The van der Waals surface area contributed by atoms with Gasteiger partial charge in [0.15, 0.2) is 0 Å². The van der Waals surface area contributed by atoms with Crippen molar-refractivity contribution in [2.75, 3.05) is 24.2 Å². The van der Waals surface area contributed by atoms with Crippen LogP contribution >= 0.6 is 23.1 Å². The molecule has 0 aliphatic carbocycles. The van der Waals surface area contributed by atoms with E-state index in [9.17, 15) is 17.6 Å². The van der Waals surface area contributed by atoms with Crippen LogP contribution in [0.4, 0.5) is 10.1 Å². The summed E-state index contributed by atoms with van der Waals surface area (Å²) in [6.07, 6.45) is 1.46. The van der Waals surface area contributed by atoms with Gasteiger partial charge in [-0.1, -0.05) is 37.7 Å². The van der Waals surface area contributed by atoms with E-state index in [4.69, 9.17) is 0 Å². The predicted octanol–water partition coefficient (Wildman–Crippen LogP) is 5.26. The van der Waals surface area contributed by atoms with Crippen LogP contribution in [0.15, 0.2) is 70.2 Å². The number of carbonyl (C=O) groups is 1. The average molecular weight is 531 g/mol. The number of anilines is 1. The van der Waals surface area contributed by atoms with E-state index in [-0.39, 0.29) is 22.4 Å². The zero-order valence-corrected chi connectivity index (χ0v) is 21.5. The molecule has 0 fully saturated rings. The SMILES string of the molecule is CCN(CC)S(=O)(=O)c1ccc(NC(=O)CSc2ncnc3scc(-c4ccc(F)cc4)c23)cc1. The lowest BCUT2D eigenvalue weighted by Crippen LogP contribution is -2.30. The highest BCUT2D eigenvalue weighted by Gasteiger charge is 2.21. The van der Waals surface area contributed by atoms with E-state index in [0.717, 1.165) is 21.3 Å². The molecule has 1 N–H and O–H groups in total. The van der Waals surface area contributed by atoms with Crippen LogP contribution in [0.3, 0.4) is 0 Å². The van der Waals surface area contributed by atoms with Gasteiger partial charge in [0.1, 0.15) is 22.0 Å². The smallest absolute Gasteiger partial charge is 0.243 e. The Balaban J connectivity index is 1.46. The summed E-state index contributed by atoms with van der Waals surface area (Å²) < 4.78 is 40.0. The molecule has 7 nitrogen and oxygen atoms in total. The Bertz CT molecular complexity index is 1440. The topological polar surface area (TPSA) is 92.3 Å². The van der Waals surface area contributed by atoms with Crippen LogP contribution in [-0.2, 0) is 14.8 Å². The maximum atomic E-state index is 13.4. The van der Waals surface area contributed by atoms with Gasteiger partial charge in [0.05, 0.1) is 16.0 Å². The Morgan fingerprint density at radius 1 is 1.06 bits per heavy atom. The summed E-state index contributed by atoms with van der Waals surface area (Å²) in [4.78, 5) is 22.2. The second-order valence-electron chi connectivity index (χ2n) is 7.47. The summed E-state index contributed by atoms with van der Waals surface area (Å²) in [5, 5.41) is 6.23. The van der Waals surface area contributed by atoms with Crippen molar-refractivity contribution in [3.05, 3.63) is 66.1 Å². The highest BCUT2D eigenvalue weighted by molar-refractivity contribution is 8.00. The van der Waals surface area contributed by atoms with Gasteiger partial charge in [0.2, 0.25) is 15.9 Å². The standard InChI is InChI=1S/C24H23FN4O3S3/c1-3-29(4-2)35(31,32)19-11-9-18(10-12-19)28-21(30)14-34-24-22-20(13-33-23(22)26-15-27-24)16-5-7-17(25)8-6-16/h5-13,15H,3-4,14H2,1-2H3,(H,28,30). The number of nitrogens with zero attached hydrogens (tertiary/aromatic N) is 3. The highest BCUT2D eigenvalue weighted by Crippen LogP contribution is 2.37. The van der Waals surface area contributed by atoms with Crippen LogP contribution in [0.25, 0.3) is 21.3 Å². The molecule has 2 aromatic heterocycles. The lowest BCUT2D eigenvalue weighted by molar-refractivity contribution is -0.113. The van der Waals surface area contributed by atoms with Crippen molar-refractivity contribution < 1.29 is 17.6 Å². The second kappa shape index (κ2) is 10.8. The first-order chi connectivity index (χ1) is 16.8. The fourth-order valence-electron chi connectivity index (χ4n) is 3.55. The van der Waals surface area contributed by atoms with Crippen molar-refractivity contribution in [1.29, 1.82) is 0 Å². The summed E-state index contributed by atoms with van der Waals surface area (Å²) in [6, 6.07) is 12.4. The molecule has 11 heteroatoms. The van der Waals surface area contributed by atoms with E-state index in [1.165, 1.54) is 58.0 Å². The monoisotopic (exact) mass is 530 g/mol. The molecule has 0 spiro atoms. The van der Waals surface area contributed by atoms with Crippen molar-refractivity contribution in [3.63, 3.8) is 0 Å². The van der Waals surface area contributed by atoms with Crippen molar-refractivity contribution in [3.8, 4) is 11.1 Å². The normalized spacial score (nSPS) is 11.8. The van der Waals surface area contributed by atoms with E-state index in [1.54, 1.807) is 38.1 Å². The van der Waals surface area contributed by atoms with Crippen molar-refractivity contribution in [2.24, 2.45) is 0 Å². The van der Waals surface area contributed by atoms with Gasteiger partial charge in [0.25, 0.3) is 0 Å². The third-order valence-corrected chi connectivity index (χ3v) is 9.25. The highest BCUT2D eigenvalue weighted by atomic mass is 32.2. The Morgan fingerprint density at radius 3 is 2.40 bits per heavy atom. The predicted molar refractivity (Wildman–Crippen MR) is 139 cm³/mol. The molecule has 0 bridgehead atoms. The molecule has 4 aromatic rings. The average Bonchev–Trinajstić information content (AvgIpc) is 3.29. The van der Waals surface area contributed by atoms with Gasteiger partial charge < -0.3 is 5.32 Å². The Kier molecular flexibility index (Phi) is 7.80. The number of thiophene rings is 1. The molecular weight excluding hydrogens is 507 g/mol.